The van der Waals surface area contributed by atoms with Gasteiger partial charge in [0, 0.05) is 17.5 Å². The van der Waals surface area contributed by atoms with Crippen LogP contribution >= 0.6 is 11.3 Å². The van der Waals surface area contributed by atoms with Crippen LogP contribution in [0.2, 0.25) is 0 Å². The second kappa shape index (κ2) is 6.54. The van der Waals surface area contributed by atoms with E-state index in [4.69, 9.17) is 9.72 Å². The Bertz CT molecular complexity index is 444. The topological polar surface area (TPSA) is 34.2 Å². The maximum Gasteiger partial charge on any atom is 0.113 e. The van der Waals surface area contributed by atoms with Gasteiger partial charge in [0.15, 0.2) is 0 Å². The Morgan fingerprint density at radius 1 is 1.45 bits per heavy atom. The molecule has 2 heterocycles. The minimum absolute atomic E-state index is 0.00986. The van der Waals surface area contributed by atoms with Crippen LogP contribution in [0.25, 0.3) is 0 Å². The molecule has 0 aromatic carbocycles. The first-order valence-electron chi connectivity index (χ1n) is 7.86. The van der Waals surface area contributed by atoms with Gasteiger partial charge >= 0.3 is 0 Å². The van der Waals surface area contributed by atoms with E-state index >= 15 is 0 Å². The third-order valence-corrected chi connectivity index (χ3v) is 5.33. The number of ether oxygens (including phenoxy) is 1. The van der Waals surface area contributed by atoms with Crippen LogP contribution in [0.4, 0.5) is 0 Å². The van der Waals surface area contributed by atoms with Crippen LogP contribution in [-0.4, -0.2) is 23.7 Å². The lowest BCUT2D eigenvalue weighted by molar-refractivity contribution is -0.0346. The number of aromatic nitrogens is 1. The lowest BCUT2D eigenvalue weighted by atomic mass is 9.85. The predicted octanol–water partition coefficient (Wildman–Crippen LogP) is 3.80. The summed E-state index contributed by atoms with van der Waals surface area (Å²) >= 11 is 1.87. The first-order chi connectivity index (χ1) is 9.50. The summed E-state index contributed by atoms with van der Waals surface area (Å²) in [6, 6.07) is 0.458. The second-order valence-corrected chi connectivity index (χ2v) is 7.31. The van der Waals surface area contributed by atoms with Gasteiger partial charge in [0.1, 0.15) is 5.01 Å². The monoisotopic (exact) mass is 296 g/mol. The number of hydrogen-bond donors (Lipinski definition) is 1. The van der Waals surface area contributed by atoms with Crippen molar-refractivity contribution >= 4 is 11.3 Å². The molecule has 0 saturated carbocycles. The molecule has 1 aliphatic rings. The van der Waals surface area contributed by atoms with E-state index in [1.54, 1.807) is 0 Å². The van der Waals surface area contributed by atoms with Crippen molar-refractivity contribution in [1.82, 2.24) is 10.3 Å². The number of aryl methyl sites for hydroxylation is 2. The van der Waals surface area contributed by atoms with E-state index in [2.05, 4.69) is 39.9 Å². The molecule has 2 rings (SSSR count). The van der Waals surface area contributed by atoms with Crippen molar-refractivity contribution in [3.63, 3.8) is 0 Å². The van der Waals surface area contributed by atoms with E-state index in [1.165, 1.54) is 15.6 Å². The van der Waals surface area contributed by atoms with Crippen LogP contribution in [0.15, 0.2) is 0 Å². The molecule has 20 heavy (non-hydrogen) atoms. The van der Waals surface area contributed by atoms with Crippen molar-refractivity contribution < 1.29 is 4.74 Å². The van der Waals surface area contributed by atoms with Gasteiger partial charge in [-0.2, -0.15) is 0 Å². The Kier molecular flexibility index (Phi) is 5.21. The van der Waals surface area contributed by atoms with Gasteiger partial charge in [-0.1, -0.05) is 13.8 Å². The number of hydrogen-bond acceptors (Lipinski definition) is 4. The van der Waals surface area contributed by atoms with Crippen LogP contribution < -0.4 is 5.32 Å². The molecule has 4 heteroatoms. The molecule has 1 aromatic rings. The highest BCUT2D eigenvalue weighted by Crippen LogP contribution is 2.39. The highest BCUT2D eigenvalue weighted by Gasteiger charge is 2.41. The minimum Gasteiger partial charge on any atom is -0.378 e. The Hall–Kier alpha value is -0.450. The molecule has 0 bridgehead atoms. The van der Waals surface area contributed by atoms with E-state index in [1.807, 2.05) is 11.3 Å². The summed E-state index contributed by atoms with van der Waals surface area (Å²) in [6.45, 7) is 11.9. The summed E-state index contributed by atoms with van der Waals surface area (Å²) in [5, 5.41) is 5.07. The third kappa shape index (κ3) is 3.23. The maximum atomic E-state index is 5.89. The van der Waals surface area contributed by atoms with Gasteiger partial charge < -0.3 is 10.1 Å². The lowest BCUT2D eigenvalue weighted by Crippen LogP contribution is -2.51. The van der Waals surface area contributed by atoms with Crippen molar-refractivity contribution in [3.05, 3.63) is 15.6 Å². The fourth-order valence-electron chi connectivity index (χ4n) is 3.11. The van der Waals surface area contributed by atoms with Gasteiger partial charge in [-0.05, 0) is 46.5 Å². The zero-order chi connectivity index (χ0) is 14.8. The van der Waals surface area contributed by atoms with Crippen molar-refractivity contribution in [2.24, 2.45) is 0 Å². The SMILES string of the molecule is CCc1nc(C2(NC(C)C)CCOC(CC)C2)sc1C. The van der Waals surface area contributed by atoms with E-state index in [0.717, 1.165) is 32.3 Å². The smallest absolute Gasteiger partial charge is 0.113 e. The van der Waals surface area contributed by atoms with Crippen LogP contribution in [0.1, 0.15) is 62.5 Å². The summed E-state index contributed by atoms with van der Waals surface area (Å²) in [6.07, 6.45) is 4.51. The van der Waals surface area contributed by atoms with Crippen LogP contribution in [0, 0.1) is 6.92 Å². The van der Waals surface area contributed by atoms with Crippen molar-refractivity contribution in [2.75, 3.05) is 6.61 Å². The molecule has 1 saturated heterocycles. The van der Waals surface area contributed by atoms with E-state index in [-0.39, 0.29) is 5.54 Å². The molecule has 0 radical (unpaired) electrons. The van der Waals surface area contributed by atoms with Crippen LogP contribution in [0.5, 0.6) is 0 Å². The standard InChI is InChI=1S/C16H28N2OS/c1-6-13-10-16(8-9-19-13,18-11(3)4)15-17-14(7-2)12(5)20-15/h11,13,18H,6-10H2,1-5H3. The van der Waals surface area contributed by atoms with Crippen LogP contribution in [-0.2, 0) is 16.7 Å². The first-order valence-corrected chi connectivity index (χ1v) is 8.68. The summed E-state index contributed by atoms with van der Waals surface area (Å²) in [5.74, 6) is 0. The van der Waals surface area contributed by atoms with E-state index in [9.17, 15) is 0 Å². The zero-order valence-corrected chi connectivity index (χ0v) is 14.3. The van der Waals surface area contributed by atoms with E-state index in [0.29, 0.717) is 12.1 Å². The molecule has 0 amide bonds. The normalized spacial score (nSPS) is 27.2. The molecule has 1 fully saturated rings. The highest BCUT2D eigenvalue weighted by molar-refractivity contribution is 7.11. The fourth-order valence-corrected chi connectivity index (χ4v) is 4.31. The minimum atomic E-state index is 0.00986. The van der Waals surface area contributed by atoms with Crippen molar-refractivity contribution in [2.45, 2.75) is 78.0 Å². The molecule has 1 aliphatic heterocycles. The number of nitrogens with zero attached hydrogens (tertiary/aromatic N) is 1. The molecule has 1 N–H and O–H groups in total. The molecule has 114 valence electrons. The fraction of sp³-hybridized carbons (Fsp3) is 0.812. The maximum absolute atomic E-state index is 5.89. The van der Waals surface area contributed by atoms with Gasteiger partial charge in [0.05, 0.1) is 17.3 Å². The molecule has 2 atom stereocenters. The predicted molar refractivity (Wildman–Crippen MR) is 85.4 cm³/mol. The first kappa shape index (κ1) is 15.9. The molecule has 0 aliphatic carbocycles. The summed E-state index contributed by atoms with van der Waals surface area (Å²) in [7, 11) is 0. The number of rotatable bonds is 5. The highest BCUT2D eigenvalue weighted by atomic mass is 32.1. The summed E-state index contributed by atoms with van der Waals surface area (Å²) in [4.78, 5) is 6.31. The number of thiazole rings is 1. The molecule has 2 unspecified atom stereocenters. The molecule has 1 aromatic heterocycles. The lowest BCUT2D eigenvalue weighted by Gasteiger charge is -2.41. The number of nitrogens with one attached hydrogen (secondary N) is 1. The zero-order valence-electron chi connectivity index (χ0n) is 13.5. The molecule has 0 spiro atoms. The Balaban J connectivity index is 2.34. The molecule has 3 nitrogen and oxygen atoms in total. The van der Waals surface area contributed by atoms with Gasteiger partial charge in [-0.3, -0.25) is 0 Å². The summed E-state index contributed by atoms with van der Waals surface area (Å²) in [5.41, 5.74) is 1.27. The largest absolute Gasteiger partial charge is 0.378 e. The third-order valence-electron chi connectivity index (χ3n) is 4.12. The van der Waals surface area contributed by atoms with Crippen molar-refractivity contribution in [3.8, 4) is 0 Å². The van der Waals surface area contributed by atoms with Gasteiger partial charge in [-0.25, -0.2) is 4.98 Å². The van der Waals surface area contributed by atoms with Gasteiger partial charge in [0.2, 0.25) is 0 Å². The Morgan fingerprint density at radius 3 is 2.75 bits per heavy atom. The van der Waals surface area contributed by atoms with Crippen LogP contribution in [0.3, 0.4) is 0 Å². The Morgan fingerprint density at radius 2 is 2.20 bits per heavy atom. The molecular weight excluding hydrogens is 268 g/mol. The average Bonchev–Trinajstić information content (AvgIpc) is 2.80. The Labute approximate surface area is 127 Å². The molecular formula is C16H28N2OS. The second-order valence-electron chi connectivity index (χ2n) is 6.11. The quantitative estimate of drug-likeness (QED) is 0.897. The van der Waals surface area contributed by atoms with Gasteiger partial charge in [0.25, 0.3) is 0 Å². The van der Waals surface area contributed by atoms with Crippen molar-refractivity contribution in [1.29, 1.82) is 0 Å². The van der Waals surface area contributed by atoms with Gasteiger partial charge in [-0.15, -0.1) is 11.3 Å². The average molecular weight is 296 g/mol. The van der Waals surface area contributed by atoms with E-state index < -0.39 is 0 Å². The summed E-state index contributed by atoms with van der Waals surface area (Å²) < 4.78 is 5.89.